The van der Waals surface area contributed by atoms with Gasteiger partial charge < -0.3 is 10.0 Å². The minimum Gasteiger partial charge on any atom is -0.508 e. The number of carbonyl (C=O) groups excluding carboxylic acids is 1. The van der Waals surface area contributed by atoms with E-state index in [1.54, 1.807) is 6.07 Å². The largest absolute Gasteiger partial charge is 0.508 e. The molecular formula is C21H23NO2. The summed E-state index contributed by atoms with van der Waals surface area (Å²) in [6.45, 7) is 2.66. The normalized spacial score (nSPS) is 22.6. The number of phenols is 1. The Labute approximate surface area is 142 Å². The number of benzene rings is 2. The number of carbonyl (C=O) groups is 1. The van der Waals surface area contributed by atoms with Crippen molar-refractivity contribution in [2.24, 2.45) is 0 Å². The first-order valence-electron chi connectivity index (χ1n) is 8.83. The van der Waals surface area contributed by atoms with Crippen molar-refractivity contribution in [1.82, 2.24) is 4.90 Å². The first-order chi connectivity index (χ1) is 11.6. The summed E-state index contributed by atoms with van der Waals surface area (Å²) in [6, 6.07) is 14.2. The fourth-order valence-corrected chi connectivity index (χ4v) is 4.36. The number of rotatable bonds is 1. The van der Waals surface area contributed by atoms with E-state index in [9.17, 15) is 9.90 Å². The van der Waals surface area contributed by atoms with Crippen molar-refractivity contribution in [3.63, 3.8) is 0 Å². The van der Waals surface area contributed by atoms with E-state index in [0.29, 0.717) is 11.5 Å². The van der Waals surface area contributed by atoms with Crippen molar-refractivity contribution in [2.45, 2.75) is 44.6 Å². The Bertz CT molecular complexity index is 783. The Balaban J connectivity index is 1.64. The predicted molar refractivity (Wildman–Crippen MR) is 94.4 cm³/mol. The number of fused-ring (bicyclic) bond motifs is 3. The van der Waals surface area contributed by atoms with Crippen LogP contribution in [0.1, 0.15) is 52.2 Å². The summed E-state index contributed by atoms with van der Waals surface area (Å²) < 4.78 is 0. The zero-order valence-electron chi connectivity index (χ0n) is 14.0. The maximum atomic E-state index is 13.0. The molecule has 1 aliphatic carbocycles. The van der Waals surface area contributed by atoms with Gasteiger partial charge >= 0.3 is 0 Å². The second kappa shape index (κ2) is 5.97. The highest BCUT2D eigenvalue weighted by Gasteiger charge is 2.38. The summed E-state index contributed by atoms with van der Waals surface area (Å²) >= 11 is 0. The second-order valence-electron chi connectivity index (χ2n) is 7.05. The Hall–Kier alpha value is -2.29. The van der Waals surface area contributed by atoms with E-state index in [0.717, 1.165) is 37.8 Å². The molecule has 1 N–H and O–H groups in total. The van der Waals surface area contributed by atoms with Gasteiger partial charge in [-0.1, -0.05) is 30.3 Å². The molecule has 0 radical (unpaired) electrons. The number of aromatic hydroxyl groups is 1. The molecule has 3 heteroatoms. The maximum Gasteiger partial charge on any atom is 0.254 e. The summed E-state index contributed by atoms with van der Waals surface area (Å²) in [5.41, 5.74) is 4.27. The molecule has 1 amide bonds. The summed E-state index contributed by atoms with van der Waals surface area (Å²) in [5, 5.41) is 9.94. The van der Waals surface area contributed by atoms with Crippen LogP contribution in [0.3, 0.4) is 0 Å². The molecule has 0 bridgehead atoms. The minimum atomic E-state index is 0.0550. The molecule has 1 aliphatic heterocycles. The van der Waals surface area contributed by atoms with Crippen LogP contribution >= 0.6 is 0 Å². The van der Waals surface area contributed by atoms with Gasteiger partial charge in [-0.25, -0.2) is 0 Å². The zero-order valence-corrected chi connectivity index (χ0v) is 14.0. The van der Waals surface area contributed by atoms with E-state index in [1.807, 2.05) is 24.0 Å². The van der Waals surface area contributed by atoms with Gasteiger partial charge in [-0.05, 0) is 61.4 Å². The minimum absolute atomic E-state index is 0.0550. The van der Waals surface area contributed by atoms with E-state index in [1.165, 1.54) is 11.1 Å². The molecule has 124 valence electrons. The predicted octanol–water partition coefficient (Wildman–Crippen LogP) is 4.04. The molecule has 0 aromatic heterocycles. The number of hydrogen-bond donors (Lipinski definition) is 1. The summed E-state index contributed by atoms with van der Waals surface area (Å²) in [7, 11) is 0. The highest BCUT2D eigenvalue weighted by atomic mass is 16.3. The number of phenolic OH excluding ortho intramolecular Hbond substituents is 1. The van der Waals surface area contributed by atoms with Gasteiger partial charge in [0.1, 0.15) is 5.75 Å². The highest BCUT2D eigenvalue weighted by Crippen LogP contribution is 2.41. The monoisotopic (exact) mass is 321 g/mol. The third-order valence-corrected chi connectivity index (χ3v) is 5.66. The third kappa shape index (κ3) is 2.48. The molecule has 3 nitrogen and oxygen atoms in total. The molecule has 0 unspecified atom stereocenters. The van der Waals surface area contributed by atoms with Crippen LogP contribution in [0.25, 0.3) is 0 Å². The van der Waals surface area contributed by atoms with Crippen LogP contribution in [-0.2, 0) is 6.42 Å². The van der Waals surface area contributed by atoms with Crippen molar-refractivity contribution in [2.75, 3.05) is 6.54 Å². The smallest absolute Gasteiger partial charge is 0.254 e. The van der Waals surface area contributed by atoms with Gasteiger partial charge in [0, 0.05) is 24.1 Å². The molecule has 1 heterocycles. The van der Waals surface area contributed by atoms with Gasteiger partial charge in [0.15, 0.2) is 0 Å². The maximum absolute atomic E-state index is 13.0. The van der Waals surface area contributed by atoms with Gasteiger partial charge in [-0.2, -0.15) is 0 Å². The van der Waals surface area contributed by atoms with Crippen molar-refractivity contribution >= 4 is 5.91 Å². The van der Waals surface area contributed by atoms with E-state index in [2.05, 4.69) is 24.3 Å². The lowest BCUT2D eigenvalue weighted by molar-refractivity contribution is 0.0546. The molecule has 24 heavy (non-hydrogen) atoms. The number of amides is 1. The van der Waals surface area contributed by atoms with Crippen molar-refractivity contribution < 1.29 is 9.90 Å². The van der Waals surface area contributed by atoms with Crippen LogP contribution in [-0.4, -0.2) is 28.5 Å². The van der Waals surface area contributed by atoms with Gasteiger partial charge in [0.25, 0.3) is 5.91 Å². The first-order valence-corrected chi connectivity index (χ1v) is 8.83. The van der Waals surface area contributed by atoms with Crippen LogP contribution in [0.5, 0.6) is 5.75 Å². The number of hydrogen-bond acceptors (Lipinski definition) is 2. The Morgan fingerprint density at radius 2 is 2.00 bits per heavy atom. The zero-order chi connectivity index (χ0) is 16.7. The van der Waals surface area contributed by atoms with E-state index in [4.69, 9.17) is 0 Å². The molecule has 1 fully saturated rings. The summed E-state index contributed by atoms with van der Waals surface area (Å²) in [6.07, 6.45) is 4.27. The molecule has 2 aromatic rings. The topological polar surface area (TPSA) is 40.5 Å². The lowest BCUT2D eigenvalue weighted by Crippen LogP contribution is -2.49. The van der Waals surface area contributed by atoms with Crippen LogP contribution in [0, 0.1) is 6.92 Å². The van der Waals surface area contributed by atoms with Crippen molar-refractivity contribution in [1.29, 1.82) is 0 Å². The van der Waals surface area contributed by atoms with Crippen LogP contribution in [0.2, 0.25) is 0 Å². The summed E-state index contributed by atoms with van der Waals surface area (Å²) in [5.74, 6) is 0.703. The van der Waals surface area contributed by atoms with Crippen LogP contribution in [0.4, 0.5) is 0 Å². The average Bonchev–Trinajstić information content (AvgIpc) is 2.62. The molecule has 2 atom stereocenters. The Morgan fingerprint density at radius 1 is 1.17 bits per heavy atom. The van der Waals surface area contributed by atoms with E-state index in [-0.39, 0.29) is 17.7 Å². The van der Waals surface area contributed by atoms with Crippen LogP contribution in [0.15, 0.2) is 42.5 Å². The number of piperidine rings is 1. The lowest BCUT2D eigenvalue weighted by atomic mass is 9.74. The van der Waals surface area contributed by atoms with Gasteiger partial charge in [0.2, 0.25) is 0 Å². The molecule has 2 aromatic carbocycles. The third-order valence-electron chi connectivity index (χ3n) is 5.66. The van der Waals surface area contributed by atoms with Gasteiger partial charge in [-0.3, -0.25) is 4.79 Å². The van der Waals surface area contributed by atoms with Crippen LogP contribution < -0.4 is 0 Å². The molecule has 0 saturated carbocycles. The molecule has 1 saturated heterocycles. The number of aryl methyl sites for hydroxylation is 2. The second-order valence-corrected chi connectivity index (χ2v) is 7.05. The average molecular weight is 321 g/mol. The first kappa shape index (κ1) is 15.3. The van der Waals surface area contributed by atoms with Crippen molar-refractivity contribution in [3.05, 3.63) is 64.7 Å². The van der Waals surface area contributed by atoms with Gasteiger partial charge in [-0.15, -0.1) is 0 Å². The Morgan fingerprint density at radius 3 is 2.83 bits per heavy atom. The molecular weight excluding hydrogens is 298 g/mol. The highest BCUT2D eigenvalue weighted by molar-refractivity contribution is 5.95. The fourth-order valence-electron chi connectivity index (χ4n) is 4.36. The lowest BCUT2D eigenvalue weighted by Gasteiger charge is -2.45. The Kier molecular flexibility index (Phi) is 3.79. The van der Waals surface area contributed by atoms with Gasteiger partial charge in [0.05, 0.1) is 0 Å². The molecule has 0 spiro atoms. The summed E-state index contributed by atoms with van der Waals surface area (Å²) in [4.78, 5) is 15.1. The van der Waals surface area contributed by atoms with E-state index < -0.39 is 0 Å². The number of nitrogens with zero attached hydrogens (tertiary/aromatic N) is 1. The molecule has 4 rings (SSSR count). The van der Waals surface area contributed by atoms with Crippen molar-refractivity contribution in [3.8, 4) is 5.75 Å². The SMILES string of the molecule is Cc1ccc(C(=O)N2CCC[C@@H]3c4ccccc4CC[C@@H]32)cc1O. The number of likely N-dealkylation sites (tertiary alicyclic amines) is 1. The standard InChI is InChI=1S/C21H23NO2/c1-14-8-9-16(13-20(14)23)21(24)22-12-4-7-18-17-6-3-2-5-15(17)10-11-19(18)22/h2-3,5-6,8-9,13,18-19,23H,4,7,10-12H2,1H3/t18-,19+/m1/s1. The molecule has 2 aliphatic rings. The fraction of sp³-hybridized carbons (Fsp3) is 0.381. The quantitative estimate of drug-likeness (QED) is 0.861. The van der Waals surface area contributed by atoms with E-state index >= 15 is 0 Å².